The molecule has 1 aromatic rings. The van der Waals surface area contributed by atoms with Crippen molar-refractivity contribution in [3.05, 3.63) is 38.3 Å². The standard InChI is InChI=1S/C14H20BrN3O2/c1-10(16)12-4-6-17(7-5-12)9-11-2-3-13(15)14(8-11)18(19)20/h2-3,8,10,12H,4-7,9,16H2,1H3. The minimum atomic E-state index is -0.351. The third-order valence-electron chi connectivity index (χ3n) is 3.99. The maximum atomic E-state index is 10.9. The van der Waals surface area contributed by atoms with Gasteiger partial charge in [0.15, 0.2) is 0 Å². The highest BCUT2D eigenvalue weighted by Crippen LogP contribution is 2.27. The normalized spacial score (nSPS) is 18.9. The van der Waals surface area contributed by atoms with Gasteiger partial charge in [0.25, 0.3) is 5.69 Å². The maximum absolute atomic E-state index is 10.9. The number of nitro groups is 1. The number of benzene rings is 1. The molecule has 5 nitrogen and oxygen atoms in total. The van der Waals surface area contributed by atoms with Crippen LogP contribution in [0.1, 0.15) is 25.3 Å². The molecular formula is C14H20BrN3O2. The van der Waals surface area contributed by atoms with Gasteiger partial charge in [-0.15, -0.1) is 0 Å². The van der Waals surface area contributed by atoms with Crippen LogP contribution in [-0.4, -0.2) is 29.0 Å². The van der Waals surface area contributed by atoms with Crippen molar-refractivity contribution in [2.45, 2.75) is 32.4 Å². The molecule has 1 aliphatic rings. The Balaban J connectivity index is 1.98. The summed E-state index contributed by atoms with van der Waals surface area (Å²) in [5.41, 5.74) is 7.05. The van der Waals surface area contributed by atoms with E-state index in [1.807, 2.05) is 6.07 Å². The molecule has 2 rings (SSSR count). The number of likely N-dealkylation sites (tertiary alicyclic amines) is 1. The lowest BCUT2D eigenvalue weighted by atomic mass is 9.91. The van der Waals surface area contributed by atoms with Crippen molar-refractivity contribution in [1.29, 1.82) is 0 Å². The molecule has 1 unspecified atom stereocenters. The smallest absolute Gasteiger partial charge is 0.283 e. The predicted molar refractivity (Wildman–Crippen MR) is 82.4 cm³/mol. The largest absolute Gasteiger partial charge is 0.328 e. The van der Waals surface area contributed by atoms with Gasteiger partial charge in [0.1, 0.15) is 0 Å². The first-order valence-corrected chi connectivity index (χ1v) is 7.67. The minimum Gasteiger partial charge on any atom is -0.328 e. The van der Waals surface area contributed by atoms with Gasteiger partial charge in [-0.3, -0.25) is 15.0 Å². The SMILES string of the molecule is CC(N)C1CCN(Cc2ccc(Br)c([N+](=O)[O-])c2)CC1. The summed E-state index contributed by atoms with van der Waals surface area (Å²) in [6.45, 7) is 4.85. The van der Waals surface area contributed by atoms with Crippen LogP contribution in [0.25, 0.3) is 0 Å². The molecule has 0 spiro atoms. The number of hydrogen-bond acceptors (Lipinski definition) is 4. The fourth-order valence-corrected chi connectivity index (χ4v) is 3.08. The number of piperidine rings is 1. The maximum Gasteiger partial charge on any atom is 0.283 e. The van der Waals surface area contributed by atoms with E-state index in [1.54, 1.807) is 12.1 Å². The van der Waals surface area contributed by atoms with E-state index in [1.165, 1.54) is 0 Å². The average molecular weight is 342 g/mol. The molecule has 0 aliphatic carbocycles. The summed E-state index contributed by atoms with van der Waals surface area (Å²) in [6, 6.07) is 5.60. The quantitative estimate of drug-likeness (QED) is 0.675. The lowest BCUT2D eigenvalue weighted by Crippen LogP contribution is -2.39. The van der Waals surface area contributed by atoms with Gasteiger partial charge in [-0.1, -0.05) is 6.07 Å². The van der Waals surface area contributed by atoms with E-state index in [0.29, 0.717) is 10.4 Å². The van der Waals surface area contributed by atoms with Crippen molar-refractivity contribution in [1.82, 2.24) is 4.90 Å². The summed E-state index contributed by atoms with van der Waals surface area (Å²) >= 11 is 3.21. The average Bonchev–Trinajstić information content (AvgIpc) is 2.41. The first-order valence-electron chi connectivity index (χ1n) is 6.88. The summed E-state index contributed by atoms with van der Waals surface area (Å²) in [5.74, 6) is 0.602. The van der Waals surface area contributed by atoms with Crippen LogP contribution in [0.3, 0.4) is 0 Å². The van der Waals surface area contributed by atoms with E-state index in [4.69, 9.17) is 5.73 Å². The number of hydrogen-bond donors (Lipinski definition) is 1. The second-order valence-corrected chi connectivity index (χ2v) is 6.37. The molecule has 1 atom stereocenters. The van der Waals surface area contributed by atoms with E-state index in [0.717, 1.165) is 38.0 Å². The monoisotopic (exact) mass is 341 g/mol. The van der Waals surface area contributed by atoms with Crippen LogP contribution in [0.5, 0.6) is 0 Å². The Hall–Kier alpha value is -0.980. The highest BCUT2D eigenvalue weighted by molar-refractivity contribution is 9.10. The second-order valence-electron chi connectivity index (χ2n) is 5.52. The number of nitrogens with two attached hydrogens (primary N) is 1. The van der Waals surface area contributed by atoms with Crippen molar-refractivity contribution < 1.29 is 4.92 Å². The number of nitrogens with zero attached hydrogens (tertiary/aromatic N) is 2. The molecule has 1 fully saturated rings. The molecule has 110 valence electrons. The zero-order valence-electron chi connectivity index (χ0n) is 11.6. The zero-order chi connectivity index (χ0) is 14.7. The molecule has 1 aromatic carbocycles. The van der Waals surface area contributed by atoms with Crippen LogP contribution in [-0.2, 0) is 6.54 Å². The van der Waals surface area contributed by atoms with Crippen molar-refractivity contribution >= 4 is 21.6 Å². The summed E-state index contributed by atoms with van der Waals surface area (Å²) < 4.78 is 0.530. The van der Waals surface area contributed by atoms with Gasteiger partial charge in [0, 0.05) is 18.7 Å². The van der Waals surface area contributed by atoms with Crippen molar-refractivity contribution in [2.75, 3.05) is 13.1 Å². The first kappa shape index (κ1) is 15.4. The summed E-state index contributed by atoms with van der Waals surface area (Å²) in [4.78, 5) is 12.9. The van der Waals surface area contributed by atoms with Crippen LogP contribution in [0, 0.1) is 16.0 Å². The molecule has 0 radical (unpaired) electrons. The Morgan fingerprint density at radius 3 is 2.70 bits per heavy atom. The van der Waals surface area contributed by atoms with Gasteiger partial charge in [-0.05, 0) is 66.3 Å². The summed E-state index contributed by atoms with van der Waals surface area (Å²) in [6.07, 6.45) is 2.21. The Bertz CT molecular complexity index is 485. The van der Waals surface area contributed by atoms with Crippen LogP contribution < -0.4 is 5.73 Å². The molecule has 1 saturated heterocycles. The highest BCUT2D eigenvalue weighted by atomic mass is 79.9. The lowest BCUT2D eigenvalue weighted by Gasteiger charge is -2.33. The Labute approximate surface area is 127 Å². The highest BCUT2D eigenvalue weighted by Gasteiger charge is 2.22. The molecule has 0 amide bonds. The first-order chi connectivity index (χ1) is 9.47. The topological polar surface area (TPSA) is 72.4 Å². The predicted octanol–water partition coefficient (Wildman–Crippen LogP) is 2.92. The minimum absolute atomic E-state index is 0.132. The number of halogens is 1. The second kappa shape index (κ2) is 6.65. The van der Waals surface area contributed by atoms with Crippen LogP contribution >= 0.6 is 15.9 Å². The van der Waals surface area contributed by atoms with Gasteiger partial charge in [-0.25, -0.2) is 0 Å². The van der Waals surface area contributed by atoms with Gasteiger partial charge in [0.2, 0.25) is 0 Å². The van der Waals surface area contributed by atoms with Gasteiger partial charge >= 0.3 is 0 Å². The fourth-order valence-electron chi connectivity index (χ4n) is 2.69. The van der Waals surface area contributed by atoms with E-state index < -0.39 is 0 Å². The van der Waals surface area contributed by atoms with E-state index in [2.05, 4.69) is 27.8 Å². The molecule has 6 heteroatoms. The summed E-state index contributed by atoms with van der Waals surface area (Å²) in [5, 5.41) is 10.9. The van der Waals surface area contributed by atoms with Crippen molar-refractivity contribution in [3.63, 3.8) is 0 Å². The van der Waals surface area contributed by atoms with E-state index in [9.17, 15) is 10.1 Å². The Kier molecular flexibility index (Phi) is 5.12. The van der Waals surface area contributed by atoms with Crippen LogP contribution in [0.2, 0.25) is 0 Å². The zero-order valence-corrected chi connectivity index (χ0v) is 13.2. The van der Waals surface area contributed by atoms with Gasteiger partial charge < -0.3 is 5.73 Å². The molecule has 0 saturated carbocycles. The molecule has 2 N–H and O–H groups in total. The van der Waals surface area contributed by atoms with Crippen molar-refractivity contribution in [3.8, 4) is 0 Å². The van der Waals surface area contributed by atoms with Gasteiger partial charge in [-0.2, -0.15) is 0 Å². The number of rotatable bonds is 4. The van der Waals surface area contributed by atoms with Crippen LogP contribution in [0.15, 0.2) is 22.7 Å². The molecule has 1 heterocycles. The molecule has 0 aromatic heterocycles. The van der Waals surface area contributed by atoms with Crippen LogP contribution in [0.4, 0.5) is 5.69 Å². The summed E-state index contributed by atoms with van der Waals surface area (Å²) in [7, 11) is 0. The Morgan fingerprint density at radius 1 is 1.50 bits per heavy atom. The Morgan fingerprint density at radius 2 is 2.15 bits per heavy atom. The molecule has 0 bridgehead atoms. The molecular weight excluding hydrogens is 322 g/mol. The number of nitro benzene ring substituents is 1. The molecule has 1 aliphatic heterocycles. The van der Waals surface area contributed by atoms with E-state index >= 15 is 0 Å². The third kappa shape index (κ3) is 3.77. The van der Waals surface area contributed by atoms with Gasteiger partial charge in [0.05, 0.1) is 9.40 Å². The van der Waals surface area contributed by atoms with Crippen molar-refractivity contribution in [2.24, 2.45) is 11.7 Å². The van der Waals surface area contributed by atoms with E-state index in [-0.39, 0.29) is 16.7 Å². The lowest BCUT2D eigenvalue weighted by molar-refractivity contribution is -0.385. The molecule has 20 heavy (non-hydrogen) atoms. The fraction of sp³-hybridized carbons (Fsp3) is 0.571. The third-order valence-corrected chi connectivity index (χ3v) is 4.66.